The molecule has 2 aromatic carbocycles. The number of fused-ring (bicyclic) bond motifs is 2. The molecule has 8 atom stereocenters. The molecule has 4 heterocycles. The molecule has 0 saturated carbocycles. The van der Waals surface area contributed by atoms with E-state index in [1.807, 2.05) is 76.5 Å². The molecule has 0 aromatic heterocycles. The van der Waals surface area contributed by atoms with Crippen LogP contribution in [-0.4, -0.2) is 116 Å². The average Bonchev–Trinajstić information content (AvgIpc) is 3.53. The van der Waals surface area contributed by atoms with E-state index in [0.29, 0.717) is 59.9 Å². The second-order valence-corrected chi connectivity index (χ2v) is 21.3. The Labute approximate surface area is 399 Å². The predicted octanol–water partition coefficient (Wildman–Crippen LogP) is 6.16. The Morgan fingerprint density at radius 3 is 1.39 bits per heavy atom. The first-order chi connectivity index (χ1) is 28.5. The van der Waals surface area contributed by atoms with Gasteiger partial charge in [-0.05, 0) is 112 Å². The molecule has 0 aliphatic carbocycles. The number of amides is 4. The molecule has 4 aliphatic rings. The number of anilines is 2. The lowest BCUT2D eigenvalue weighted by Crippen LogP contribution is -2.56. The van der Waals surface area contributed by atoms with Crippen molar-refractivity contribution in [2.45, 2.75) is 127 Å². The van der Waals surface area contributed by atoms with Gasteiger partial charge >= 0.3 is 0 Å². The molecule has 6 N–H and O–H groups in total. The summed E-state index contributed by atoms with van der Waals surface area (Å²) in [4.78, 5) is 62.0. The summed E-state index contributed by atoms with van der Waals surface area (Å²) in [7, 11) is 3.67. The van der Waals surface area contributed by atoms with Crippen molar-refractivity contribution < 1.29 is 19.2 Å². The highest BCUT2D eigenvalue weighted by molar-refractivity contribution is 8.00. The molecule has 0 radical (unpaired) electrons. The number of hydrogen-bond acceptors (Lipinski definition) is 10. The Bertz CT molecular complexity index is 1840. The standard InChI is InChI=1S/C44H62N8O4S4.2ClH/c1-25(45-7)39(57)49-31-19-21-59-33-23-43(3,4)35(51(33)41(31)55)37(53)47-29-15-11-9-13-27(29)17-18-28-14-10-12-16-30(28)48-38(54)36-44(5,6)24-34-52(36)42(56)32(20-22-60-34)50-40(58)26(2)46-8;;/h9-16,25-26,31-36,45-46H,17-24H2,1-8H3,(H,47,53)(H,48,54)(H,49,57)(H,50,58);2*1H/t25-,26-,31-,32-,33-,34-,35+,36+;;/m0../s1. The van der Waals surface area contributed by atoms with Gasteiger partial charge in [0, 0.05) is 11.4 Å². The van der Waals surface area contributed by atoms with E-state index in [1.54, 1.807) is 33.3 Å². The smallest absolute Gasteiger partial charge is 0.247 e. The summed E-state index contributed by atoms with van der Waals surface area (Å²) in [5.74, 6) is 0.964. The fraction of sp³-hybridized carbons (Fsp3) is 0.591. The zero-order valence-corrected chi connectivity index (χ0v) is 41.8. The number of nitrogens with zero attached hydrogens (tertiary/aromatic N) is 2. The van der Waals surface area contributed by atoms with Gasteiger partial charge in [-0.25, -0.2) is 0 Å². The van der Waals surface area contributed by atoms with Crippen LogP contribution in [0.5, 0.6) is 0 Å². The fourth-order valence-corrected chi connectivity index (χ4v) is 12.6. The van der Waals surface area contributed by atoms with Crippen molar-refractivity contribution in [1.82, 2.24) is 31.1 Å². The van der Waals surface area contributed by atoms with Crippen LogP contribution < -0.4 is 31.9 Å². The summed E-state index contributed by atoms with van der Waals surface area (Å²) in [6.07, 6.45) is 3.85. The van der Waals surface area contributed by atoms with Crippen LogP contribution in [0.3, 0.4) is 0 Å². The van der Waals surface area contributed by atoms with Gasteiger partial charge in [0.25, 0.3) is 0 Å². The molecule has 342 valence electrons. The van der Waals surface area contributed by atoms with Gasteiger partial charge in [-0.1, -0.05) is 88.5 Å². The lowest BCUT2D eigenvalue weighted by Gasteiger charge is -2.34. The molecular weight excluding hydrogens is 904 g/mol. The maximum atomic E-state index is 14.4. The largest absolute Gasteiger partial charge is 0.367 e. The van der Waals surface area contributed by atoms with Crippen LogP contribution in [-0.2, 0) is 32.0 Å². The zero-order valence-electron chi connectivity index (χ0n) is 36.9. The minimum absolute atomic E-state index is 0. The molecule has 18 heteroatoms. The lowest BCUT2D eigenvalue weighted by atomic mass is 9.84. The van der Waals surface area contributed by atoms with E-state index in [-0.39, 0.29) is 71.3 Å². The van der Waals surface area contributed by atoms with Gasteiger partial charge in [-0.15, -0.1) is 48.3 Å². The van der Waals surface area contributed by atoms with Crippen LogP contribution in [0, 0.1) is 10.8 Å². The summed E-state index contributed by atoms with van der Waals surface area (Å²) in [5.41, 5.74) is 2.36. The van der Waals surface area contributed by atoms with Gasteiger partial charge < -0.3 is 41.7 Å². The van der Waals surface area contributed by atoms with Gasteiger partial charge in [0.1, 0.15) is 24.2 Å². The summed E-state index contributed by atoms with van der Waals surface area (Å²) in [6, 6.07) is 13.0. The van der Waals surface area contributed by atoms with Crippen molar-refractivity contribution in [2.75, 3.05) is 36.2 Å². The van der Waals surface area contributed by atoms with Crippen LogP contribution in [0.15, 0.2) is 48.5 Å². The zero-order chi connectivity index (χ0) is 43.5. The molecule has 6 rings (SSSR count). The van der Waals surface area contributed by atoms with Gasteiger partial charge in [-0.3, -0.25) is 19.2 Å². The third-order valence-corrected chi connectivity index (χ3v) is 16.0. The Morgan fingerprint density at radius 2 is 1.03 bits per heavy atom. The first kappa shape index (κ1) is 51.9. The first-order valence-corrected chi connectivity index (χ1v) is 24.0. The van der Waals surface area contributed by atoms with E-state index in [0.717, 1.165) is 22.6 Å². The summed E-state index contributed by atoms with van der Waals surface area (Å²) in [5, 5.41) is 19.1. The molecule has 12 nitrogen and oxygen atoms in total. The van der Waals surface area contributed by atoms with Crippen molar-refractivity contribution in [1.29, 1.82) is 0 Å². The van der Waals surface area contributed by atoms with E-state index in [4.69, 9.17) is 24.4 Å². The number of benzene rings is 2. The summed E-state index contributed by atoms with van der Waals surface area (Å²) >= 11 is 14.7. The van der Waals surface area contributed by atoms with Gasteiger partial charge in [0.2, 0.25) is 23.6 Å². The Balaban J connectivity index is 0.00000422. The third kappa shape index (κ3) is 11.4. The normalized spacial score (nSPS) is 25.9. The van der Waals surface area contributed by atoms with E-state index in [9.17, 15) is 19.2 Å². The van der Waals surface area contributed by atoms with E-state index in [1.165, 1.54) is 0 Å². The van der Waals surface area contributed by atoms with E-state index in [2.05, 4.69) is 59.6 Å². The van der Waals surface area contributed by atoms with Crippen LogP contribution in [0.1, 0.15) is 78.4 Å². The number of aryl methyl sites for hydroxylation is 2. The molecular formula is C44H64Cl2N8O4S4. The first-order valence-electron chi connectivity index (χ1n) is 21.1. The lowest BCUT2D eigenvalue weighted by molar-refractivity contribution is -0.140. The number of hydrogen-bond donors (Lipinski definition) is 6. The number of likely N-dealkylation sites (N-methyl/N-ethyl adjacent to an activating group) is 2. The number of thiocarbonyl (C=S) groups is 2. The third-order valence-electron chi connectivity index (χ3n) is 12.6. The highest BCUT2D eigenvalue weighted by Crippen LogP contribution is 2.48. The molecule has 0 bridgehead atoms. The van der Waals surface area contributed by atoms with Gasteiger partial charge in [0.05, 0.1) is 32.8 Å². The maximum absolute atomic E-state index is 14.4. The Kier molecular flexibility index (Phi) is 18.4. The Hall–Kier alpha value is -2.70. The van der Waals surface area contributed by atoms with Crippen molar-refractivity contribution in [2.24, 2.45) is 10.8 Å². The van der Waals surface area contributed by atoms with E-state index >= 15 is 0 Å². The van der Waals surface area contributed by atoms with Crippen LogP contribution >= 0.6 is 72.8 Å². The van der Waals surface area contributed by atoms with Crippen molar-refractivity contribution in [3.8, 4) is 0 Å². The second-order valence-electron chi connectivity index (χ2n) is 17.8. The van der Waals surface area contributed by atoms with Crippen LogP contribution in [0.2, 0.25) is 0 Å². The van der Waals surface area contributed by atoms with E-state index < -0.39 is 35.0 Å². The minimum Gasteiger partial charge on any atom is -0.367 e. The van der Waals surface area contributed by atoms with Crippen molar-refractivity contribution in [3.05, 3.63) is 59.7 Å². The van der Waals surface area contributed by atoms with Gasteiger partial charge in [-0.2, -0.15) is 0 Å². The number of nitrogens with one attached hydrogen (secondary N) is 6. The van der Waals surface area contributed by atoms with Crippen LogP contribution in [0.4, 0.5) is 11.4 Å². The number of thioether (sulfide) groups is 2. The molecule has 4 saturated heterocycles. The molecule has 2 aromatic rings. The monoisotopic (exact) mass is 966 g/mol. The van der Waals surface area contributed by atoms with Gasteiger partial charge in [0.15, 0.2) is 0 Å². The van der Waals surface area contributed by atoms with Crippen molar-refractivity contribution in [3.63, 3.8) is 0 Å². The summed E-state index contributed by atoms with van der Waals surface area (Å²) in [6.45, 7) is 12.2. The molecule has 0 spiro atoms. The maximum Gasteiger partial charge on any atom is 0.247 e. The number of halogens is 2. The molecule has 62 heavy (non-hydrogen) atoms. The molecule has 4 amide bonds. The SMILES string of the molecule is CN[C@@H](C)C(=S)N[C@H]1CCS[C@H]2CC(C)(C)[C@@H](C(=O)Nc3ccccc3CCc3ccccc3NC(=O)[C@H]3N4C(=O)[C@@H](NC(=S)[C@H](C)NC)CCS[C@H]4CC3(C)C)N2C1=O.Cl.Cl. The Morgan fingerprint density at radius 1 is 0.677 bits per heavy atom. The average molecular weight is 968 g/mol. The molecule has 0 unspecified atom stereocenters. The van der Waals surface area contributed by atoms with Crippen LogP contribution in [0.25, 0.3) is 0 Å². The van der Waals surface area contributed by atoms with Crippen molar-refractivity contribution >= 4 is 118 Å². The fourth-order valence-electron chi connectivity index (χ4n) is 8.95. The predicted molar refractivity (Wildman–Crippen MR) is 268 cm³/mol. The minimum atomic E-state index is -0.669. The highest BCUT2D eigenvalue weighted by atomic mass is 35.5. The highest BCUT2D eigenvalue weighted by Gasteiger charge is 2.56. The molecule has 4 fully saturated rings. The number of carbonyl (C=O) groups is 4. The quantitative estimate of drug-likeness (QED) is 0.128. The number of rotatable bonds is 13. The number of para-hydroxylation sites is 2. The molecule has 4 aliphatic heterocycles. The summed E-state index contributed by atoms with van der Waals surface area (Å²) < 4.78 is 0. The second kappa shape index (κ2) is 22.0. The number of carbonyl (C=O) groups excluding carboxylic acids is 4. The topological polar surface area (TPSA) is 147 Å².